The van der Waals surface area contributed by atoms with Crippen LogP contribution in [0.4, 0.5) is 5.82 Å². The Labute approximate surface area is 123 Å². The van der Waals surface area contributed by atoms with E-state index >= 15 is 0 Å². The summed E-state index contributed by atoms with van der Waals surface area (Å²) in [7, 11) is 1.75. The maximum absolute atomic E-state index is 10.7. The van der Waals surface area contributed by atoms with Gasteiger partial charge in [0.25, 0.3) is 0 Å². The number of pyridine rings is 1. The molecule has 20 heavy (non-hydrogen) atoms. The molecule has 0 fully saturated rings. The molecule has 3 N–H and O–H groups in total. The molecular weight excluding hydrogens is 276 g/mol. The number of hydrogen-bond acceptors (Lipinski definition) is 4. The molecule has 0 aromatic carbocycles. The predicted molar refractivity (Wildman–Crippen MR) is 79.8 cm³/mol. The maximum atomic E-state index is 10.7. The third-order valence-corrected chi connectivity index (χ3v) is 3.82. The summed E-state index contributed by atoms with van der Waals surface area (Å²) < 4.78 is 1.57. The number of nitrogens with two attached hydrogens (primary N) is 1. The lowest BCUT2D eigenvalue weighted by atomic mass is 9.95. The molecule has 2 heterocycles. The second-order valence-corrected chi connectivity index (χ2v) is 5.56. The Morgan fingerprint density at radius 3 is 2.55 bits per heavy atom. The zero-order chi connectivity index (χ0) is 15.0. The molecule has 0 saturated carbocycles. The quantitative estimate of drug-likeness (QED) is 0.912. The lowest BCUT2D eigenvalue weighted by Gasteiger charge is -2.17. The second kappa shape index (κ2) is 5.42. The highest BCUT2D eigenvalue weighted by atomic mass is 35.5. The molecule has 0 radical (unpaired) electrons. The number of nitrogen functional groups attached to an aromatic ring is 1. The molecule has 6 heteroatoms. The van der Waals surface area contributed by atoms with Gasteiger partial charge in [0.1, 0.15) is 17.1 Å². The van der Waals surface area contributed by atoms with Gasteiger partial charge >= 0.3 is 0 Å². The molecule has 0 spiro atoms. The van der Waals surface area contributed by atoms with Crippen molar-refractivity contribution in [3.05, 3.63) is 39.8 Å². The van der Waals surface area contributed by atoms with Crippen LogP contribution in [0.1, 0.15) is 48.3 Å². The Hall–Kier alpha value is -1.59. The Bertz CT molecular complexity index is 616. The minimum atomic E-state index is -0.928. The first-order valence-electron chi connectivity index (χ1n) is 6.45. The molecule has 5 nitrogen and oxygen atoms in total. The van der Waals surface area contributed by atoms with E-state index in [4.69, 9.17) is 17.3 Å². The van der Waals surface area contributed by atoms with Crippen LogP contribution >= 0.6 is 11.6 Å². The summed E-state index contributed by atoms with van der Waals surface area (Å²) in [6, 6.07) is 1.81. The number of hydrogen-bond donors (Lipinski definition) is 2. The van der Waals surface area contributed by atoms with Crippen molar-refractivity contribution in [2.24, 2.45) is 7.05 Å². The van der Waals surface area contributed by atoms with Crippen molar-refractivity contribution >= 4 is 17.4 Å². The highest BCUT2D eigenvalue weighted by molar-refractivity contribution is 6.30. The summed E-state index contributed by atoms with van der Waals surface area (Å²) in [6.07, 6.45) is 0.692. The molecule has 2 rings (SSSR count). The second-order valence-electron chi connectivity index (χ2n) is 5.20. The van der Waals surface area contributed by atoms with E-state index in [9.17, 15) is 5.11 Å². The van der Waals surface area contributed by atoms with Crippen molar-refractivity contribution in [1.29, 1.82) is 0 Å². The number of aromatic nitrogens is 3. The van der Waals surface area contributed by atoms with Crippen LogP contribution < -0.4 is 5.73 Å². The van der Waals surface area contributed by atoms with Gasteiger partial charge in [-0.05, 0) is 24.5 Å². The fourth-order valence-electron chi connectivity index (χ4n) is 2.31. The third kappa shape index (κ3) is 2.39. The van der Waals surface area contributed by atoms with Crippen LogP contribution in [-0.4, -0.2) is 19.9 Å². The number of anilines is 1. The standard InChI is InChI=1S/C14H19ClN4O/c1-7(2)11-10(13(15)19(4)18-11)12(20)9-8(3)5-6-17-14(9)16/h5-7,12,20H,1-4H3,(H2,16,17). The monoisotopic (exact) mass is 294 g/mol. The summed E-state index contributed by atoms with van der Waals surface area (Å²) in [5, 5.41) is 15.5. The molecule has 0 bridgehead atoms. The molecular formula is C14H19ClN4O. The zero-order valence-electron chi connectivity index (χ0n) is 12.1. The maximum Gasteiger partial charge on any atom is 0.133 e. The zero-order valence-corrected chi connectivity index (χ0v) is 12.8. The predicted octanol–water partition coefficient (Wildman–Crippen LogP) is 2.56. The Morgan fingerprint density at radius 2 is 2.00 bits per heavy atom. The molecule has 1 atom stereocenters. The van der Waals surface area contributed by atoms with E-state index in [0.29, 0.717) is 22.1 Å². The van der Waals surface area contributed by atoms with Gasteiger partial charge in [0.05, 0.1) is 5.69 Å². The van der Waals surface area contributed by atoms with Gasteiger partial charge in [-0.1, -0.05) is 25.4 Å². The van der Waals surface area contributed by atoms with Gasteiger partial charge in [0, 0.05) is 24.4 Å². The Kier molecular flexibility index (Phi) is 4.01. The first-order valence-corrected chi connectivity index (χ1v) is 6.83. The molecule has 108 valence electrons. The van der Waals surface area contributed by atoms with Crippen molar-refractivity contribution in [2.75, 3.05) is 5.73 Å². The highest BCUT2D eigenvalue weighted by Gasteiger charge is 2.27. The molecule has 0 aliphatic heterocycles. The Morgan fingerprint density at radius 1 is 1.35 bits per heavy atom. The van der Waals surface area contributed by atoms with Crippen molar-refractivity contribution in [2.45, 2.75) is 32.8 Å². The Balaban J connectivity index is 2.62. The van der Waals surface area contributed by atoms with Crippen molar-refractivity contribution in [1.82, 2.24) is 14.8 Å². The number of rotatable bonds is 3. The van der Waals surface area contributed by atoms with Gasteiger partial charge in [-0.3, -0.25) is 4.68 Å². The summed E-state index contributed by atoms with van der Waals surface area (Å²) in [6.45, 7) is 5.90. The van der Waals surface area contributed by atoms with Crippen molar-refractivity contribution < 1.29 is 5.11 Å². The van der Waals surface area contributed by atoms with Crippen LogP contribution in [0, 0.1) is 6.92 Å². The first kappa shape index (κ1) is 14.8. The van der Waals surface area contributed by atoms with Gasteiger partial charge in [-0.15, -0.1) is 0 Å². The number of aliphatic hydroxyl groups is 1. The summed E-state index contributed by atoms with van der Waals surface area (Å²) >= 11 is 6.29. The van der Waals surface area contributed by atoms with E-state index in [0.717, 1.165) is 11.3 Å². The van der Waals surface area contributed by atoms with Gasteiger partial charge < -0.3 is 10.8 Å². The SMILES string of the molecule is Cc1ccnc(N)c1C(O)c1c(C(C)C)nn(C)c1Cl. The van der Waals surface area contributed by atoms with E-state index in [1.807, 2.05) is 26.8 Å². The van der Waals surface area contributed by atoms with E-state index in [-0.39, 0.29) is 5.92 Å². The first-order chi connectivity index (χ1) is 9.34. The van der Waals surface area contributed by atoms with E-state index in [1.54, 1.807) is 17.9 Å². The number of halogens is 1. The van der Waals surface area contributed by atoms with Crippen LogP contribution in [0.25, 0.3) is 0 Å². The lowest BCUT2D eigenvalue weighted by molar-refractivity contribution is 0.218. The third-order valence-electron chi connectivity index (χ3n) is 3.37. The molecule has 0 amide bonds. The molecule has 0 aliphatic rings. The number of nitrogens with zero attached hydrogens (tertiary/aromatic N) is 3. The van der Waals surface area contributed by atoms with Gasteiger partial charge in [-0.2, -0.15) is 5.10 Å². The highest BCUT2D eigenvalue weighted by Crippen LogP contribution is 2.36. The minimum absolute atomic E-state index is 0.150. The lowest BCUT2D eigenvalue weighted by Crippen LogP contribution is -2.10. The fourth-order valence-corrected chi connectivity index (χ4v) is 2.55. The number of aryl methyl sites for hydroxylation is 2. The molecule has 0 saturated heterocycles. The van der Waals surface area contributed by atoms with Crippen LogP contribution in [0.15, 0.2) is 12.3 Å². The largest absolute Gasteiger partial charge is 0.383 e. The fraction of sp³-hybridized carbons (Fsp3) is 0.429. The van der Waals surface area contributed by atoms with Crippen LogP contribution in [0.3, 0.4) is 0 Å². The smallest absolute Gasteiger partial charge is 0.133 e. The van der Waals surface area contributed by atoms with Gasteiger partial charge in [-0.25, -0.2) is 4.98 Å². The van der Waals surface area contributed by atoms with Crippen molar-refractivity contribution in [3.63, 3.8) is 0 Å². The van der Waals surface area contributed by atoms with Gasteiger partial charge in [0.15, 0.2) is 0 Å². The average molecular weight is 295 g/mol. The molecule has 0 aliphatic carbocycles. The summed E-state index contributed by atoms with van der Waals surface area (Å²) in [4.78, 5) is 4.05. The molecule has 2 aromatic heterocycles. The van der Waals surface area contributed by atoms with Crippen LogP contribution in [0.2, 0.25) is 5.15 Å². The molecule has 2 aromatic rings. The van der Waals surface area contributed by atoms with Gasteiger partial charge in [0.2, 0.25) is 0 Å². The van der Waals surface area contributed by atoms with E-state index in [2.05, 4.69) is 10.1 Å². The minimum Gasteiger partial charge on any atom is -0.383 e. The molecule has 1 unspecified atom stereocenters. The summed E-state index contributed by atoms with van der Waals surface area (Å²) in [5.41, 5.74) is 8.74. The number of aliphatic hydroxyl groups excluding tert-OH is 1. The average Bonchev–Trinajstić information content (AvgIpc) is 2.65. The normalized spacial score (nSPS) is 12.9. The summed E-state index contributed by atoms with van der Waals surface area (Å²) in [5.74, 6) is 0.462. The van der Waals surface area contributed by atoms with Crippen LogP contribution in [-0.2, 0) is 7.05 Å². The topological polar surface area (TPSA) is 77.0 Å². The van der Waals surface area contributed by atoms with E-state index < -0.39 is 6.10 Å². The van der Waals surface area contributed by atoms with E-state index in [1.165, 1.54) is 0 Å². The van der Waals surface area contributed by atoms with Crippen molar-refractivity contribution in [3.8, 4) is 0 Å². The van der Waals surface area contributed by atoms with Crippen LogP contribution in [0.5, 0.6) is 0 Å².